The highest BCUT2D eigenvalue weighted by Crippen LogP contribution is 2.30. The predicted molar refractivity (Wildman–Crippen MR) is 121 cm³/mol. The van der Waals surface area contributed by atoms with Crippen molar-refractivity contribution in [1.82, 2.24) is 15.0 Å². The van der Waals surface area contributed by atoms with Gasteiger partial charge in [0.15, 0.2) is 5.89 Å². The molecule has 0 saturated carbocycles. The molecule has 1 aliphatic rings. The fourth-order valence-electron chi connectivity index (χ4n) is 4.09. The fourth-order valence-corrected chi connectivity index (χ4v) is 4.32. The van der Waals surface area contributed by atoms with Gasteiger partial charge in [0.2, 0.25) is 5.76 Å². The molecule has 1 fully saturated rings. The van der Waals surface area contributed by atoms with E-state index in [1.54, 1.807) is 35.4 Å². The maximum atomic E-state index is 13.1. The lowest BCUT2D eigenvalue weighted by atomic mass is 9.98. The van der Waals surface area contributed by atoms with E-state index in [0.29, 0.717) is 47.4 Å². The number of aromatic nitrogens is 2. The number of hydrogen-bond acceptors (Lipinski definition) is 5. The van der Waals surface area contributed by atoms with E-state index >= 15 is 0 Å². The smallest absolute Gasteiger partial charge is 0.292 e. The molecule has 168 valence electrons. The van der Waals surface area contributed by atoms with Crippen molar-refractivity contribution < 1.29 is 18.1 Å². The predicted octanol–water partition coefficient (Wildman–Crippen LogP) is 5.73. The Labute approximate surface area is 195 Å². The minimum absolute atomic E-state index is 0.00405. The summed E-state index contributed by atoms with van der Waals surface area (Å²) in [7, 11) is 0. The summed E-state index contributed by atoms with van der Waals surface area (Å²) in [6.07, 6.45) is 3.94. The van der Waals surface area contributed by atoms with Gasteiger partial charge in [-0.05, 0) is 36.6 Å². The summed E-state index contributed by atoms with van der Waals surface area (Å²) in [5.74, 6) is 1.00. The highest BCUT2D eigenvalue weighted by atomic mass is 35.5. The van der Waals surface area contributed by atoms with Gasteiger partial charge in [-0.2, -0.15) is 0 Å². The van der Waals surface area contributed by atoms with Gasteiger partial charge >= 0.3 is 0 Å². The third kappa shape index (κ3) is 4.68. The van der Waals surface area contributed by atoms with Crippen molar-refractivity contribution in [2.75, 3.05) is 13.1 Å². The van der Waals surface area contributed by atoms with Crippen molar-refractivity contribution in [2.45, 2.75) is 25.2 Å². The molecule has 0 unspecified atom stereocenters. The Morgan fingerprint density at radius 1 is 1.18 bits per heavy atom. The number of nitrogens with zero attached hydrogens (tertiary/aromatic N) is 3. The van der Waals surface area contributed by atoms with E-state index in [4.69, 9.17) is 20.5 Å². The molecule has 4 aromatic rings. The number of amides is 1. The van der Waals surface area contributed by atoms with E-state index in [-0.39, 0.29) is 23.4 Å². The Balaban J connectivity index is 1.26. The molecule has 33 heavy (non-hydrogen) atoms. The lowest BCUT2D eigenvalue weighted by Gasteiger charge is -2.30. The molecule has 6 nitrogen and oxygen atoms in total. The lowest BCUT2D eigenvalue weighted by Crippen LogP contribution is -2.39. The van der Waals surface area contributed by atoms with Crippen molar-refractivity contribution in [2.24, 2.45) is 0 Å². The van der Waals surface area contributed by atoms with Gasteiger partial charge in [-0.25, -0.2) is 9.37 Å². The summed E-state index contributed by atoms with van der Waals surface area (Å²) >= 11 is 6.23. The van der Waals surface area contributed by atoms with E-state index in [1.807, 2.05) is 18.2 Å². The van der Waals surface area contributed by atoms with Crippen LogP contribution in [0.5, 0.6) is 0 Å². The maximum Gasteiger partial charge on any atom is 0.292 e. The molecule has 8 heteroatoms. The molecule has 1 atom stereocenters. The number of carbonyl (C=O) groups excluding carboxylic acids is 1. The van der Waals surface area contributed by atoms with Crippen LogP contribution in [0.4, 0.5) is 4.39 Å². The summed E-state index contributed by atoms with van der Waals surface area (Å²) in [5, 5.41) is 4.57. The number of oxazole rings is 1. The zero-order valence-electron chi connectivity index (χ0n) is 17.7. The molecular formula is C25H21ClFN3O3. The molecule has 1 aliphatic heterocycles. The Hall–Kier alpha value is -3.45. The average Bonchev–Trinajstić information content (AvgIpc) is 3.51. The van der Waals surface area contributed by atoms with E-state index in [2.05, 4.69) is 10.1 Å². The van der Waals surface area contributed by atoms with Crippen molar-refractivity contribution >= 4 is 17.5 Å². The second-order valence-corrected chi connectivity index (χ2v) is 8.52. The highest BCUT2D eigenvalue weighted by Gasteiger charge is 2.30. The zero-order chi connectivity index (χ0) is 22.8. The molecule has 3 heterocycles. The third-order valence-corrected chi connectivity index (χ3v) is 6.12. The van der Waals surface area contributed by atoms with Gasteiger partial charge in [0, 0.05) is 31.1 Å². The van der Waals surface area contributed by atoms with Crippen LogP contribution >= 0.6 is 11.6 Å². The molecule has 1 amide bonds. The number of piperidine rings is 1. The van der Waals surface area contributed by atoms with Gasteiger partial charge in [-0.3, -0.25) is 4.79 Å². The first kappa shape index (κ1) is 21.4. The normalized spacial score (nSPS) is 16.2. The largest absolute Gasteiger partial charge is 0.445 e. The standard InChI is InChI=1S/C25H21ClFN3O3/c26-21-6-2-1-5-20(21)22-13-23(33-29-22)25(31)30-11-3-4-17(15-30)24-28-14-19(32-24)12-16-7-9-18(27)10-8-16/h1-2,5-10,13-14,17H,3-4,11-12,15H2/t17-/m1/s1. The van der Waals surface area contributed by atoms with E-state index in [0.717, 1.165) is 18.4 Å². The summed E-state index contributed by atoms with van der Waals surface area (Å²) in [4.78, 5) is 19.2. The highest BCUT2D eigenvalue weighted by molar-refractivity contribution is 6.33. The van der Waals surface area contributed by atoms with Gasteiger partial charge in [0.25, 0.3) is 5.91 Å². The van der Waals surface area contributed by atoms with Gasteiger partial charge in [0.05, 0.1) is 17.1 Å². The molecule has 2 aromatic carbocycles. The Morgan fingerprint density at radius 3 is 2.82 bits per heavy atom. The quantitative estimate of drug-likeness (QED) is 0.376. The number of likely N-dealkylation sites (tertiary alicyclic amines) is 1. The first-order valence-electron chi connectivity index (χ1n) is 10.8. The van der Waals surface area contributed by atoms with Gasteiger partial charge in [-0.1, -0.05) is 47.1 Å². The van der Waals surface area contributed by atoms with Crippen LogP contribution in [0.15, 0.2) is 69.7 Å². The Bertz CT molecular complexity index is 1270. The first-order chi connectivity index (χ1) is 16.1. The Kier molecular flexibility index (Phi) is 5.96. The number of carbonyl (C=O) groups is 1. The Morgan fingerprint density at radius 2 is 2.00 bits per heavy atom. The van der Waals surface area contributed by atoms with Crippen LogP contribution in [-0.2, 0) is 6.42 Å². The average molecular weight is 466 g/mol. The van der Waals surface area contributed by atoms with Crippen molar-refractivity contribution in [1.29, 1.82) is 0 Å². The summed E-state index contributed by atoms with van der Waals surface area (Å²) in [5.41, 5.74) is 2.18. The van der Waals surface area contributed by atoms with E-state index in [1.165, 1.54) is 12.1 Å². The third-order valence-electron chi connectivity index (χ3n) is 5.79. The summed E-state index contributed by atoms with van der Waals surface area (Å²) < 4.78 is 24.4. The molecule has 2 aromatic heterocycles. The molecule has 1 saturated heterocycles. The number of benzene rings is 2. The van der Waals surface area contributed by atoms with Crippen LogP contribution in [0.2, 0.25) is 5.02 Å². The van der Waals surface area contributed by atoms with E-state index in [9.17, 15) is 9.18 Å². The summed E-state index contributed by atoms with van der Waals surface area (Å²) in [6, 6.07) is 15.2. The number of halogens is 2. The molecule has 5 rings (SSSR count). The number of rotatable bonds is 5. The van der Waals surface area contributed by atoms with Crippen LogP contribution in [0, 0.1) is 5.82 Å². The summed E-state index contributed by atoms with van der Waals surface area (Å²) in [6.45, 7) is 1.11. The minimum atomic E-state index is -0.269. The maximum absolute atomic E-state index is 13.1. The number of hydrogen-bond donors (Lipinski definition) is 0. The molecule has 0 spiro atoms. The van der Waals surface area contributed by atoms with Crippen molar-refractivity contribution in [3.05, 3.63) is 94.6 Å². The SMILES string of the molecule is O=C(c1cc(-c2ccccc2Cl)no1)N1CCC[C@@H](c2ncc(Cc3ccc(F)cc3)o2)C1. The molecular weight excluding hydrogens is 445 g/mol. The first-order valence-corrected chi connectivity index (χ1v) is 11.1. The lowest BCUT2D eigenvalue weighted by molar-refractivity contribution is 0.0656. The van der Waals surface area contributed by atoms with Crippen molar-refractivity contribution in [3.63, 3.8) is 0 Å². The van der Waals surface area contributed by atoms with Crippen molar-refractivity contribution in [3.8, 4) is 11.3 Å². The second kappa shape index (κ2) is 9.19. The van der Waals surface area contributed by atoms with Crippen LogP contribution in [0.1, 0.15) is 46.5 Å². The van der Waals surface area contributed by atoms with Gasteiger partial charge in [-0.15, -0.1) is 0 Å². The van der Waals surface area contributed by atoms with Crippen LogP contribution < -0.4 is 0 Å². The molecule has 0 N–H and O–H groups in total. The second-order valence-electron chi connectivity index (χ2n) is 8.11. The van der Waals surface area contributed by atoms with Crippen LogP contribution in [0.3, 0.4) is 0 Å². The topological polar surface area (TPSA) is 72.4 Å². The van der Waals surface area contributed by atoms with Crippen LogP contribution in [-0.4, -0.2) is 34.0 Å². The molecule has 0 aliphatic carbocycles. The van der Waals surface area contributed by atoms with Crippen LogP contribution in [0.25, 0.3) is 11.3 Å². The van der Waals surface area contributed by atoms with Gasteiger partial charge < -0.3 is 13.8 Å². The fraction of sp³-hybridized carbons (Fsp3) is 0.240. The van der Waals surface area contributed by atoms with Gasteiger partial charge in [0.1, 0.15) is 17.3 Å². The molecule has 0 radical (unpaired) electrons. The monoisotopic (exact) mass is 465 g/mol. The van der Waals surface area contributed by atoms with E-state index < -0.39 is 0 Å². The minimum Gasteiger partial charge on any atom is -0.445 e. The zero-order valence-corrected chi connectivity index (χ0v) is 18.5. The molecule has 0 bridgehead atoms.